The van der Waals surface area contributed by atoms with Crippen LogP contribution in [0, 0.1) is 5.82 Å². The molecule has 0 bridgehead atoms. The maximum absolute atomic E-state index is 14.3. The molecular weight excluding hydrogens is 656 g/mol. The molecule has 50 heavy (non-hydrogen) atoms. The highest BCUT2D eigenvalue weighted by Gasteiger charge is 2.45. The summed E-state index contributed by atoms with van der Waals surface area (Å²) in [6, 6.07) is 16.6. The maximum atomic E-state index is 14.3. The van der Waals surface area contributed by atoms with Crippen LogP contribution in [0.2, 0.25) is 0 Å². The molecule has 2 aliphatic heterocycles. The van der Waals surface area contributed by atoms with Gasteiger partial charge in [-0.2, -0.15) is 0 Å². The lowest BCUT2D eigenvalue weighted by atomic mass is 9.92. The molecule has 1 fully saturated rings. The van der Waals surface area contributed by atoms with Crippen molar-refractivity contribution >= 4 is 33.1 Å². The number of hydrogen-bond donors (Lipinski definition) is 1. The van der Waals surface area contributed by atoms with Crippen molar-refractivity contribution in [3.63, 3.8) is 0 Å². The Morgan fingerprint density at radius 3 is 2.72 bits per heavy atom. The van der Waals surface area contributed by atoms with Crippen LogP contribution in [-0.2, 0) is 26.3 Å². The normalized spacial score (nSPS) is 17.7. The number of ether oxygens (including phenoxy) is 1. The van der Waals surface area contributed by atoms with Crippen LogP contribution in [0.5, 0.6) is 5.75 Å². The Morgan fingerprint density at radius 2 is 1.92 bits per heavy atom. The summed E-state index contributed by atoms with van der Waals surface area (Å²) in [5.74, 6) is 1.01. The molecule has 0 spiro atoms. The first-order valence-electron chi connectivity index (χ1n) is 16.9. The smallest absolute Gasteiger partial charge is 0.441 e. The van der Waals surface area contributed by atoms with E-state index in [1.54, 1.807) is 43.8 Å². The molecule has 2 aromatic carbocycles. The van der Waals surface area contributed by atoms with E-state index in [-0.39, 0.29) is 23.8 Å². The van der Waals surface area contributed by atoms with E-state index in [0.29, 0.717) is 47.6 Å². The molecule has 4 aromatic heterocycles. The number of nitrogens with one attached hydrogen (secondary N) is 1. The number of fused-ring (bicyclic) bond motifs is 5. The first-order chi connectivity index (χ1) is 24.4. The number of rotatable bonds is 8. The topological polar surface area (TPSA) is 115 Å². The molecule has 9 rings (SSSR count). The highest BCUT2D eigenvalue weighted by atomic mass is 32.1. The minimum atomic E-state index is -0.608. The molecule has 2 atom stereocenters. The number of methoxy groups -OCH3 is 1. The highest BCUT2D eigenvalue weighted by molar-refractivity contribution is 7.23. The Morgan fingerprint density at radius 1 is 1.06 bits per heavy atom. The van der Waals surface area contributed by atoms with Crippen molar-refractivity contribution in [2.75, 3.05) is 19.0 Å². The Hall–Kier alpha value is -5.36. The molecule has 10 nitrogen and oxygen atoms in total. The van der Waals surface area contributed by atoms with Crippen molar-refractivity contribution in [2.24, 2.45) is 7.05 Å². The number of amides is 1. The molecule has 0 saturated carbocycles. The maximum Gasteiger partial charge on any atom is 0.441 e. The second-order valence-corrected chi connectivity index (χ2v) is 14.2. The van der Waals surface area contributed by atoms with Crippen LogP contribution in [0.4, 0.5) is 10.2 Å². The summed E-state index contributed by atoms with van der Waals surface area (Å²) in [6.07, 6.45) is 6.43. The van der Waals surface area contributed by atoms with Crippen molar-refractivity contribution in [1.29, 1.82) is 0 Å². The van der Waals surface area contributed by atoms with Gasteiger partial charge < -0.3 is 15.0 Å². The van der Waals surface area contributed by atoms with Crippen LogP contribution in [0.15, 0.2) is 70.1 Å². The second-order valence-electron chi connectivity index (χ2n) is 13.1. The summed E-state index contributed by atoms with van der Waals surface area (Å²) in [7, 11) is 3.32. The highest BCUT2D eigenvalue weighted by Crippen LogP contribution is 2.50. The zero-order valence-corrected chi connectivity index (χ0v) is 28.3. The Kier molecular flexibility index (Phi) is 7.30. The number of benzene rings is 2. The quantitative estimate of drug-likeness (QED) is 0.181. The van der Waals surface area contributed by atoms with E-state index >= 15 is 0 Å². The Bertz CT molecular complexity index is 2380. The number of halogens is 1. The minimum absolute atomic E-state index is 0.0599. The fraction of sp³-hybridized carbons (Fsp3) is 0.289. The zero-order chi connectivity index (χ0) is 34.1. The van der Waals surface area contributed by atoms with Gasteiger partial charge in [-0.1, -0.05) is 29.4 Å². The molecule has 6 aromatic rings. The van der Waals surface area contributed by atoms with Gasteiger partial charge in [0.25, 0.3) is 5.91 Å². The monoisotopic (exact) mass is 688 g/mol. The minimum Gasteiger partial charge on any atom is -0.496 e. The number of aryl methyl sites for hydroxylation is 2. The SMILES string of the molecule is COc1cccc2c1CC[C@@H]2Nc1nccc2cc(-c3c4c(nc(CCc5ccc(F)cc5)c3-c3noc(=O)n3C)[C@@H]3CCCN3C4=O)sc12. The number of carbonyl (C=O) groups excluding carboxylic acids is 1. The van der Waals surface area contributed by atoms with Gasteiger partial charge in [0.05, 0.1) is 46.4 Å². The van der Waals surface area contributed by atoms with Crippen molar-refractivity contribution in [2.45, 2.75) is 50.6 Å². The molecule has 1 saturated heterocycles. The number of pyridine rings is 2. The molecule has 0 unspecified atom stereocenters. The van der Waals surface area contributed by atoms with Crippen molar-refractivity contribution < 1.29 is 18.4 Å². The van der Waals surface area contributed by atoms with E-state index in [1.807, 2.05) is 23.1 Å². The summed E-state index contributed by atoms with van der Waals surface area (Å²) in [4.78, 5) is 39.7. The lowest BCUT2D eigenvalue weighted by molar-refractivity contribution is 0.0776. The van der Waals surface area contributed by atoms with Crippen LogP contribution in [0.3, 0.4) is 0 Å². The standard InChI is InChI=1S/C38H33FN6O4S/c1-44-36(43-49-38(44)47)30-26(14-10-20-8-11-22(39)12-9-20)41-33-27-6-4-18-45(27)37(46)32(33)31(30)29-19-21-16-17-40-35(34(21)50-29)42-25-15-13-24-23(25)5-3-7-28(24)48-2/h3,5,7-9,11-12,16-17,19,25,27H,4,6,10,13-15,18H2,1-2H3,(H,40,42)/t25-,27-/m0/s1. The Labute approximate surface area is 290 Å². The summed E-state index contributed by atoms with van der Waals surface area (Å²) in [5, 5.41) is 8.93. The fourth-order valence-electron chi connectivity index (χ4n) is 7.95. The van der Waals surface area contributed by atoms with Crippen molar-refractivity contribution in [3.8, 4) is 27.6 Å². The molecule has 3 aliphatic rings. The number of aromatic nitrogens is 4. The van der Waals surface area contributed by atoms with Gasteiger partial charge in [-0.15, -0.1) is 11.3 Å². The van der Waals surface area contributed by atoms with Gasteiger partial charge in [0.15, 0.2) is 5.82 Å². The van der Waals surface area contributed by atoms with Gasteiger partial charge in [-0.05, 0) is 90.9 Å². The molecule has 252 valence electrons. The van der Waals surface area contributed by atoms with Crippen molar-refractivity contribution in [1.82, 2.24) is 24.6 Å². The third kappa shape index (κ3) is 4.84. The zero-order valence-electron chi connectivity index (χ0n) is 27.5. The summed E-state index contributed by atoms with van der Waals surface area (Å²) in [5.41, 5.74) is 6.69. The van der Waals surface area contributed by atoms with Gasteiger partial charge >= 0.3 is 5.76 Å². The molecule has 0 radical (unpaired) electrons. The molecule has 1 amide bonds. The van der Waals surface area contributed by atoms with Gasteiger partial charge in [0.2, 0.25) is 0 Å². The summed E-state index contributed by atoms with van der Waals surface area (Å²) in [6.45, 7) is 0.667. The second kappa shape index (κ2) is 11.9. The van der Waals surface area contributed by atoms with E-state index in [4.69, 9.17) is 19.2 Å². The third-order valence-corrected chi connectivity index (χ3v) is 11.5. The average molecular weight is 689 g/mol. The number of thiophene rings is 1. The number of carbonyl (C=O) groups is 1. The lowest BCUT2D eigenvalue weighted by Crippen LogP contribution is -2.23. The van der Waals surface area contributed by atoms with E-state index in [2.05, 4.69) is 22.6 Å². The Balaban J connectivity index is 1.22. The number of hydrogen-bond acceptors (Lipinski definition) is 9. The van der Waals surface area contributed by atoms with Crippen molar-refractivity contribution in [3.05, 3.63) is 111 Å². The summed E-state index contributed by atoms with van der Waals surface area (Å²) < 4.78 is 26.9. The fourth-order valence-corrected chi connectivity index (χ4v) is 9.12. The molecule has 12 heteroatoms. The van der Waals surface area contributed by atoms with E-state index in [9.17, 15) is 14.0 Å². The van der Waals surface area contributed by atoms with Crippen LogP contribution in [0.1, 0.15) is 69.8 Å². The van der Waals surface area contributed by atoms with E-state index < -0.39 is 5.76 Å². The average Bonchev–Trinajstić information content (AvgIpc) is 3.96. The molecule has 1 aliphatic carbocycles. The van der Waals surface area contributed by atoms with Crippen LogP contribution >= 0.6 is 11.3 Å². The third-order valence-electron chi connectivity index (χ3n) is 10.4. The molecular formula is C38H33FN6O4S. The van der Waals surface area contributed by atoms with Crippen LogP contribution in [0.25, 0.3) is 31.9 Å². The first-order valence-corrected chi connectivity index (χ1v) is 17.7. The first kappa shape index (κ1) is 30.7. The number of anilines is 1. The van der Waals surface area contributed by atoms with Gasteiger partial charge in [-0.25, -0.2) is 14.2 Å². The van der Waals surface area contributed by atoms with Gasteiger partial charge in [0.1, 0.15) is 17.4 Å². The largest absolute Gasteiger partial charge is 0.496 e. The number of nitrogens with zero attached hydrogens (tertiary/aromatic N) is 5. The lowest BCUT2D eigenvalue weighted by Gasteiger charge is -2.17. The van der Waals surface area contributed by atoms with Crippen LogP contribution < -0.4 is 15.8 Å². The van der Waals surface area contributed by atoms with Gasteiger partial charge in [0, 0.05) is 30.2 Å². The molecule has 6 heterocycles. The van der Waals surface area contributed by atoms with Gasteiger partial charge in [-0.3, -0.25) is 18.9 Å². The summed E-state index contributed by atoms with van der Waals surface area (Å²) >= 11 is 1.56. The van der Waals surface area contributed by atoms with E-state index in [1.165, 1.54) is 27.8 Å². The molecule has 1 N–H and O–H groups in total. The predicted molar refractivity (Wildman–Crippen MR) is 188 cm³/mol. The van der Waals surface area contributed by atoms with E-state index in [0.717, 1.165) is 63.5 Å². The predicted octanol–water partition coefficient (Wildman–Crippen LogP) is 7.04. The van der Waals surface area contributed by atoms with Crippen LogP contribution in [-0.4, -0.2) is 44.2 Å².